The third-order valence-electron chi connectivity index (χ3n) is 9.69. The molecule has 8 heteroatoms. The minimum atomic E-state index is -0.422. The highest BCUT2D eigenvalue weighted by Crippen LogP contribution is 2.44. The molecule has 2 saturated heterocycles. The first-order chi connectivity index (χ1) is 21.2. The van der Waals surface area contributed by atoms with E-state index in [0.717, 1.165) is 67.3 Å². The second kappa shape index (κ2) is 11.6. The van der Waals surface area contributed by atoms with Crippen LogP contribution in [-0.2, 0) is 4.74 Å². The van der Waals surface area contributed by atoms with Gasteiger partial charge in [-0.2, -0.15) is 0 Å². The van der Waals surface area contributed by atoms with E-state index in [-0.39, 0.29) is 0 Å². The highest BCUT2D eigenvalue weighted by Gasteiger charge is 2.41. The topological polar surface area (TPSA) is 70.7 Å². The number of aromatic amines is 1. The van der Waals surface area contributed by atoms with Crippen LogP contribution < -0.4 is 9.64 Å². The van der Waals surface area contributed by atoms with Gasteiger partial charge >= 0.3 is 5.97 Å². The first-order valence-corrected chi connectivity index (χ1v) is 15.9. The van der Waals surface area contributed by atoms with Crippen molar-refractivity contribution in [3.05, 3.63) is 88.7 Å². The number of anilines is 1. The Morgan fingerprint density at radius 1 is 1.05 bits per heavy atom. The van der Waals surface area contributed by atoms with Gasteiger partial charge in [0.15, 0.2) is 0 Å². The van der Waals surface area contributed by atoms with E-state index in [4.69, 9.17) is 21.1 Å². The molecule has 7 rings (SSSR count). The molecule has 2 unspecified atom stereocenters. The smallest absolute Gasteiger partial charge is 0.341 e. The largest absolute Gasteiger partial charge is 0.465 e. The highest BCUT2D eigenvalue weighted by atomic mass is 35.5. The molecule has 2 aromatic heterocycles. The summed E-state index contributed by atoms with van der Waals surface area (Å²) in [5.74, 6) is 1.85. The number of ether oxygens (including phenoxy) is 2. The first kappa shape index (κ1) is 28.9. The summed E-state index contributed by atoms with van der Waals surface area (Å²) in [5.41, 5.74) is 7.00. The van der Waals surface area contributed by atoms with E-state index < -0.39 is 5.97 Å². The first-order valence-electron chi connectivity index (χ1n) is 15.5. The molecule has 0 spiro atoms. The van der Waals surface area contributed by atoms with Gasteiger partial charge < -0.3 is 19.4 Å². The number of esters is 1. The van der Waals surface area contributed by atoms with Gasteiger partial charge in [-0.05, 0) is 84.0 Å². The molecule has 2 aliphatic heterocycles. The average molecular weight is 611 g/mol. The molecule has 228 valence electrons. The minimum Gasteiger partial charge on any atom is -0.465 e. The number of hydrogen-bond acceptors (Lipinski definition) is 6. The Bertz CT molecular complexity index is 1710. The number of benzene rings is 2. The summed E-state index contributed by atoms with van der Waals surface area (Å²) in [6.45, 7) is 10.0. The second-order valence-corrected chi connectivity index (χ2v) is 13.8. The van der Waals surface area contributed by atoms with Crippen molar-refractivity contribution in [1.82, 2.24) is 14.9 Å². The lowest BCUT2D eigenvalue weighted by atomic mass is 9.72. The van der Waals surface area contributed by atoms with E-state index >= 15 is 0 Å². The van der Waals surface area contributed by atoms with Crippen LogP contribution in [0.2, 0.25) is 5.02 Å². The summed E-state index contributed by atoms with van der Waals surface area (Å²) < 4.78 is 11.3. The lowest BCUT2D eigenvalue weighted by Crippen LogP contribution is -2.31. The maximum absolute atomic E-state index is 12.6. The fourth-order valence-corrected chi connectivity index (χ4v) is 7.46. The van der Waals surface area contributed by atoms with Gasteiger partial charge in [-0.25, -0.2) is 9.78 Å². The number of allylic oxidation sites excluding steroid dienone is 1. The van der Waals surface area contributed by atoms with Crippen molar-refractivity contribution >= 4 is 39.9 Å². The van der Waals surface area contributed by atoms with Gasteiger partial charge in [-0.1, -0.05) is 43.2 Å². The van der Waals surface area contributed by atoms with Crippen molar-refractivity contribution in [3.63, 3.8) is 0 Å². The summed E-state index contributed by atoms with van der Waals surface area (Å²) in [4.78, 5) is 25.2. The van der Waals surface area contributed by atoms with Crippen LogP contribution in [0.4, 0.5) is 5.69 Å². The zero-order valence-electron chi connectivity index (χ0n) is 25.6. The van der Waals surface area contributed by atoms with Gasteiger partial charge in [0.2, 0.25) is 0 Å². The highest BCUT2D eigenvalue weighted by molar-refractivity contribution is 6.30. The van der Waals surface area contributed by atoms with Gasteiger partial charge in [-0.3, -0.25) is 4.90 Å². The number of H-pyrrole nitrogens is 1. The number of likely N-dealkylation sites (tertiary alicyclic amines) is 1. The van der Waals surface area contributed by atoms with E-state index in [2.05, 4.69) is 45.7 Å². The molecule has 1 aliphatic carbocycles. The maximum atomic E-state index is 12.6. The third kappa shape index (κ3) is 5.83. The van der Waals surface area contributed by atoms with E-state index in [9.17, 15) is 4.79 Å². The summed E-state index contributed by atoms with van der Waals surface area (Å²) in [6, 6.07) is 18.1. The lowest BCUT2D eigenvalue weighted by molar-refractivity contribution is 0.0598. The molecule has 3 aliphatic rings. The van der Waals surface area contributed by atoms with E-state index in [0.29, 0.717) is 34.3 Å². The molecule has 2 fully saturated rings. The SMILES string of the molecule is COC(=O)c1ccc(N2CC3CN(CC4=C(c5ccc(Cl)cc5)CC(C)(C)CC4)CC3C2)cc1Oc1cnc2[nH]ccc2c1. The summed E-state index contributed by atoms with van der Waals surface area (Å²) in [6.07, 6.45) is 7.01. The molecular formula is C36H39ClN4O3. The Balaban J connectivity index is 1.06. The van der Waals surface area contributed by atoms with E-state index in [1.54, 1.807) is 11.8 Å². The third-order valence-corrected chi connectivity index (χ3v) is 9.95. The number of nitrogens with one attached hydrogen (secondary N) is 1. The molecule has 0 radical (unpaired) electrons. The molecule has 0 amide bonds. The number of aromatic nitrogens is 2. The number of rotatable bonds is 7. The van der Waals surface area contributed by atoms with Crippen LogP contribution in [0.5, 0.6) is 11.5 Å². The Hall–Kier alpha value is -3.81. The van der Waals surface area contributed by atoms with Crippen molar-refractivity contribution in [3.8, 4) is 11.5 Å². The van der Waals surface area contributed by atoms with Crippen molar-refractivity contribution in [2.45, 2.75) is 33.1 Å². The quantitative estimate of drug-likeness (QED) is 0.215. The molecule has 7 nitrogen and oxygen atoms in total. The summed E-state index contributed by atoms with van der Waals surface area (Å²) in [5, 5.41) is 1.74. The Kier molecular flexibility index (Phi) is 7.63. The fourth-order valence-electron chi connectivity index (χ4n) is 7.34. The van der Waals surface area contributed by atoms with Gasteiger partial charge in [0.1, 0.15) is 22.7 Å². The predicted octanol–water partition coefficient (Wildman–Crippen LogP) is 7.83. The van der Waals surface area contributed by atoms with Crippen LogP contribution in [0, 0.1) is 17.3 Å². The number of carbonyl (C=O) groups excluding carboxylic acids is 1. The van der Waals surface area contributed by atoms with E-state index in [1.807, 2.05) is 48.7 Å². The monoisotopic (exact) mass is 610 g/mol. The number of pyridine rings is 1. The van der Waals surface area contributed by atoms with Crippen LogP contribution in [0.25, 0.3) is 16.6 Å². The predicted molar refractivity (Wildman–Crippen MR) is 176 cm³/mol. The number of hydrogen-bond donors (Lipinski definition) is 1. The molecule has 4 aromatic rings. The number of halogens is 1. The molecule has 44 heavy (non-hydrogen) atoms. The molecule has 1 N–H and O–H groups in total. The zero-order chi connectivity index (χ0) is 30.4. The number of carbonyl (C=O) groups is 1. The maximum Gasteiger partial charge on any atom is 0.341 e. The van der Waals surface area contributed by atoms with Gasteiger partial charge in [0.25, 0.3) is 0 Å². The molecule has 2 aromatic carbocycles. The van der Waals surface area contributed by atoms with Gasteiger partial charge in [0, 0.05) is 61.1 Å². The van der Waals surface area contributed by atoms with Crippen molar-refractivity contribution < 1.29 is 14.3 Å². The second-order valence-electron chi connectivity index (χ2n) is 13.4. The normalized spacial score (nSPS) is 21.6. The summed E-state index contributed by atoms with van der Waals surface area (Å²) in [7, 11) is 1.39. The molecule has 4 heterocycles. The molecule has 0 bridgehead atoms. The van der Waals surface area contributed by atoms with Gasteiger partial charge in [0.05, 0.1) is 13.3 Å². The van der Waals surface area contributed by atoms with Gasteiger partial charge in [-0.15, -0.1) is 0 Å². The molecular weight excluding hydrogens is 572 g/mol. The fraction of sp³-hybridized carbons (Fsp3) is 0.389. The van der Waals surface area contributed by atoms with Crippen LogP contribution in [0.15, 0.2) is 72.6 Å². The molecule has 2 atom stereocenters. The Morgan fingerprint density at radius 2 is 1.82 bits per heavy atom. The molecule has 0 saturated carbocycles. The van der Waals surface area contributed by atoms with Crippen LogP contribution >= 0.6 is 11.6 Å². The van der Waals surface area contributed by atoms with Crippen LogP contribution in [0.1, 0.15) is 49.0 Å². The van der Waals surface area contributed by atoms with Crippen LogP contribution in [-0.4, -0.2) is 60.7 Å². The zero-order valence-corrected chi connectivity index (χ0v) is 26.4. The Morgan fingerprint density at radius 3 is 2.57 bits per heavy atom. The Labute approximate surface area is 263 Å². The standard InChI is InChI=1S/C36H39ClN4O3/c1-36(2)12-10-25(32(16-36)23-4-6-28(37)7-5-23)18-40-19-26-21-41(22-27(26)20-40)29-8-9-31(35(42)43-3)33(15-29)44-30-14-24-11-13-38-34(24)39-17-30/h4-9,11,13-15,17,26-27H,10,12,16,18-22H2,1-3H3,(H,38,39). The number of methoxy groups -OCH3 is 1. The van der Waals surface area contributed by atoms with Crippen molar-refractivity contribution in [1.29, 1.82) is 0 Å². The number of nitrogens with zero attached hydrogens (tertiary/aromatic N) is 3. The number of fused-ring (bicyclic) bond motifs is 2. The van der Waals surface area contributed by atoms with Crippen LogP contribution in [0.3, 0.4) is 0 Å². The summed E-state index contributed by atoms with van der Waals surface area (Å²) >= 11 is 6.22. The van der Waals surface area contributed by atoms with Crippen molar-refractivity contribution in [2.75, 3.05) is 44.7 Å². The lowest BCUT2D eigenvalue weighted by Gasteiger charge is -2.35. The van der Waals surface area contributed by atoms with E-state index in [1.165, 1.54) is 24.7 Å². The average Bonchev–Trinajstić information content (AvgIpc) is 3.73. The minimum absolute atomic E-state index is 0.317. The van der Waals surface area contributed by atoms with Crippen molar-refractivity contribution in [2.24, 2.45) is 17.3 Å².